The van der Waals surface area contributed by atoms with Gasteiger partial charge < -0.3 is 14.8 Å². The Balaban J connectivity index is 1.36. The van der Waals surface area contributed by atoms with Crippen LogP contribution >= 0.6 is 0 Å². The normalized spacial score (nSPS) is 14.0. The number of rotatable bonds is 5. The highest BCUT2D eigenvalue weighted by atomic mass is 16.2. The van der Waals surface area contributed by atoms with E-state index in [4.69, 9.17) is 0 Å². The molecule has 0 bridgehead atoms. The van der Waals surface area contributed by atoms with Crippen LogP contribution in [0.2, 0.25) is 0 Å². The summed E-state index contributed by atoms with van der Waals surface area (Å²) in [6.45, 7) is 4.47. The maximum atomic E-state index is 12.8. The highest BCUT2D eigenvalue weighted by molar-refractivity contribution is 6.11. The molecule has 0 saturated carbocycles. The first kappa shape index (κ1) is 19.4. The zero-order chi connectivity index (χ0) is 21.4. The Hall–Kier alpha value is -3.60. The molecule has 0 unspecified atom stereocenters. The predicted octanol–water partition coefficient (Wildman–Crippen LogP) is 5.19. The van der Waals surface area contributed by atoms with Crippen LogP contribution in [0.5, 0.6) is 0 Å². The number of likely N-dealkylation sites (tertiary alicyclic amines) is 1. The number of aromatic nitrogens is 1. The third kappa shape index (κ3) is 3.56. The van der Waals surface area contributed by atoms with Gasteiger partial charge in [0.05, 0.1) is 0 Å². The minimum atomic E-state index is -0.137. The van der Waals surface area contributed by atoms with Crippen molar-refractivity contribution in [3.8, 4) is 0 Å². The number of hydrogen-bond donors (Lipinski definition) is 1. The lowest BCUT2D eigenvalue weighted by Crippen LogP contribution is -2.23. The van der Waals surface area contributed by atoms with Crippen LogP contribution < -0.4 is 5.32 Å². The number of benzene rings is 3. The lowest BCUT2D eigenvalue weighted by molar-refractivity contribution is -0.128. The molecule has 1 aliphatic heterocycles. The highest BCUT2D eigenvalue weighted by Gasteiger charge is 2.20. The molecule has 4 aromatic rings. The van der Waals surface area contributed by atoms with E-state index in [1.54, 1.807) is 0 Å². The summed E-state index contributed by atoms with van der Waals surface area (Å²) in [6.07, 6.45) is 1.57. The maximum absolute atomic E-state index is 12.8. The van der Waals surface area contributed by atoms with Crippen LogP contribution in [0.4, 0.5) is 5.69 Å². The van der Waals surface area contributed by atoms with Gasteiger partial charge in [0.25, 0.3) is 5.91 Å². The first-order valence-corrected chi connectivity index (χ1v) is 10.8. The Kier molecular flexibility index (Phi) is 4.94. The van der Waals surface area contributed by atoms with E-state index in [0.717, 1.165) is 36.1 Å². The molecule has 31 heavy (non-hydrogen) atoms. The van der Waals surface area contributed by atoms with Crippen molar-refractivity contribution in [3.63, 3.8) is 0 Å². The van der Waals surface area contributed by atoms with Crippen molar-refractivity contribution >= 4 is 39.3 Å². The highest BCUT2D eigenvalue weighted by Crippen LogP contribution is 2.31. The average molecular weight is 412 g/mol. The fraction of sp³-hybridized carbons (Fsp3) is 0.231. The number of carbonyl (C=O) groups excluding carboxylic acids is 2. The summed E-state index contributed by atoms with van der Waals surface area (Å²) in [7, 11) is 0. The molecule has 1 aromatic heterocycles. The molecular weight excluding hydrogens is 386 g/mol. The molecular formula is C26H25N3O2. The molecule has 2 amide bonds. The van der Waals surface area contributed by atoms with Gasteiger partial charge in [-0.2, -0.15) is 0 Å². The van der Waals surface area contributed by atoms with Crippen LogP contribution in [0.3, 0.4) is 0 Å². The van der Waals surface area contributed by atoms with Gasteiger partial charge in [0, 0.05) is 59.1 Å². The van der Waals surface area contributed by atoms with Gasteiger partial charge in [0.1, 0.15) is 0 Å². The number of carbonyl (C=O) groups is 2. The minimum Gasteiger partial charge on any atom is -0.341 e. The van der Waals surface area contributed by atoms with Crippen molar-refractivity contribution < 1.29 is 9.59 Å². The summed E-state index contributed by atoms with van der Waals surface area (Å²) >= 11 is 0. The summed E-state index contributed by atoms with van der Waals surface area (Å²) in [4.78, 5) is 26.5. The van der Waals surface area contributed by atoms with Gasteiger partial charge >= 0.3 is 0 Å². The first-order valence-electron chi connectivity index (χ1n) is 10.8. The van der Waals surface area contributed by atoms with Gasteiger partial charge in [-0.15, -0.1) is 0 Å². The van der Waals surface area contributed by atoms with Crippen molar-refractivity contribution in [2.24, 2.45) is 0 Å². The Labute approximate surface area is 181 Å². The maximum Gasteiger partial charge on any atom is 0.255 e. The Morgan fingerprint density at radius 1 is 0.968 bits per heavy atom. The largest absolute Gasteiger partial charge is 0.341 e. The van der Waals surface area contributed by atoms with Crippen molar-refractivity contribution in [1.29, 1.82) is 0 Å². The quantitative estimate of drug-likeness (QED) is 0.491. The molecule has 1 N–H and O–H groups in total. The van der Waals surface area contributed by atoms with Gasteiger partial charge in [0.15, 0.2) is 0 Å². The molecule has 1 aliphatic rings. The number of hydrogen-bond acceptors (Lipinski definition) is 2. The summed E-state index contributed by atoms with van der Waals surface area (Å²) in [5.74, 6) is 0.0732. The van der Waals surface area contributed by atoms with Crippen LogP contribution in [0.15, 0.2) is 66.7 Å². The van der Waals surface area contributed by atoms with E-state index in [-0.39, 0.29) is 11.8 Å². The molecule has 0 spiro atoms. The number of para-hydroxylation sites is 1. The number of anilines is 1. The average Bonchev–Trinajstić information content (AvgIpc) is 3.34. The van der Waals surface area contributed by atoms with Crippen LogP contribution in [-0.4, -0.2) is 27.8 Å². The molecule has 0 radical (unpaired) electrons. The lowest BCUT2D eigenvalue weighted by Gasteiger charge is -2.15. The molecule has 1 saturated heterocycles. The monoisotopic (exact) mass is 411 g/mol. The molecule has 5 heteroatoms. The zero-order valence-electron chi connectivity index (χ0n) is 17.6. The molecule has 0 atom stereocenters. The fourth-order valence-corrected chi connectivity index (χ4v) is 4.53. The van der Waals surface area contributed by atoms with Crippen molar-refractivity contribution in [1.82, 2.24) is 9.47 Å². The Bertz CT molecular complexity index is 1290. The van der Waals surface area contributed by atoms with Crippen molar-refractivity contribution in [3.05, 3.63) is 77.9 Å². The number of nitrogens with zero attached hydrogens (tertiary/aromatic N) is 2. The third-order valence-corrected chi connectivity index (χ3v) is 6.11. The molecule has 3 aromatic carbocycles. The zero-order valence-corrected chi connectivity index (χ0v) is 17.6. The van der Waals surface area contributed by atoms with E-state index in [2.05, 4.69) is 47.1 Å². The second kappa shape index (κ2) is 7.91. The lowest BCUT2D eigenvalue weighted by atomic mass is 10.1. The van der Waals surface area contributed by atoms with Crippen molar-refractivity contribution in [2.45, 2.75) is 32.9 Å². The molecule has 0 aliphatic carbocycles. The number of amides is 2. The summed E-state index contributed by atoms with van der Waals surface area (Å²) in [5, 5.41) is 5.36. The van der Waals surface area contributed by atoms with E-state index < -0.39 is 0 Å². The van der Waals surface area contributed by atoms with E-state index in [0.29, 0.717) is 18.5 Å². The van der Waals surface area contributed by atoms with Crippen LogP contribution in [0, 0.1) is 0 Å². The summed E-state index contributed by atoms with van der Waals surface area (Å²) in [5.41, 5.74) is 4.80. The van der Waals surface area contributed by atoms with Gasteiger partial charge in [-0.3, -0.25) is 9.59 Å². The first-order chi connectivity index (χ1) is 15.1. The van der Waals surface area contributed by atoms with E-state index in [1.807, 2.05) is 41.3 Å². The van der Waals surface area contributed by atoms with Crippen LogP contribution in [-0.2, 0) is 17.9 Å². The Morgan fingerprint density at radius 2 is 1.74 bits per heavy atom. The van der Waals surface area contributed by atoms with Gasteiger partial charge in [-0.25, -0.2) is 0 Å². The molecule has 1 fully saturated rings. The number of aryl methyl sites for hydroxylation is 1. The number of fused-ring (bicyclic) bond motifs is 3. The third-order valence-electron chi connectivity index (χ3n) is 6.11. The predicted molar refractivity (Wildman–Crippen MR) is 124 cm³/mol. The summed E-state index contributed by atoms with van der Waals surface area (Å²) < 4.78 is 2.29. The minimum absolute atomic E-state index is 0.137. The second-order valence-corrected chi connectivity index (χ2v) is 8.06. The molecule has 5 rings (SSSR count). The SMILES string of the molecule is CCn1c2ccccc2c2cc(NC(=O)c3ccc(CN4CCCC4=O)cc3)ccc21. The summed E-state index contributed by atoms with van der Waals surface area (Å²) in [6, 6.07) is 22.0. The molecule has 5 nitrogen and oxygen atoms in total. The fourth-order valence-electron chi connectivity index (χ4n) is 4.53. The van der Waals surface area contributed by atoms with E-state index in [1.165, 1.54) is 16.4 Å². The smallest absolute Gasteiger partial charge is 0.255 e. The second-order valence-electron chi connectivity index (χ2n) is 8.06. The van der Waals surface area contributed by atoms with Gasteiger partial charge in [-0.1, -0.05) is 30.3 Å². The standard InChI is InChI=1S/C26H25N3O2/c1-2-29-23-7-4-3-6-21(23)22-16-20(13-14-24(22)29)27-26(31)19-11-9-18(10-12-19)17-28-15-5-8-25(28)30/h3-4,6-7,9-14,16H,2,5,8,15,17H2,1H3,(H,27,31). The van der Waals surface area contributed by atoms with Crippen LogP contribution in [0.1, 0.15) is 35.7 Å². The van der Waals surface area contributed by atoms with Crippen molar-refractivity contribution in [2.75, 3.05) is 11.9 Å². The van der Waals surface area contributed by atoms with Gasteiger partial charge in [-0.05, 0) is 55.3 Å². The number of nitrogens with one attached hydrogen (secondary N) is 1. The molecule has 2 heterocycles. The van der Waals surface area contributed by atoms with E-state index in [9.17, 15) is 9.59 Å². The van der Waals surface area contributed by atoms with E-state index >= 15 is 0 Å². The Morgan fingerprint density at radius 3 is 2.48 bits per heavy atom. The topological polar surface area (TPSA) is 54.3 Å². The molecule has 156 valence electrons. The van der Waals surface area contributed by atoms with Crippen LogP contribution in [0.25, 0.3) is 21.8 Å². The van der Waals surface area contributed by atoms with Gasteiger partial charge in [0.2, 0.25) is 5.91 Å².